The Morgan fingerprint density at radius 3 is 2.47 bits per heavy atom. The molecule has 2 N–H and O–H groups in total. The lowest BCUT2D eigenvalue weighted by Crippen LogP contribution is -2.22. The first-order chi connectivity index (χ1) is 7.71. The van der Waals surface area contributed by atoms with Crippen molar-refractivity contribution in [2.75, 3.05) is 0 Å². The third kappa shape index (κ3) is 3.61. The van der Waals surface area contributed by atoms with Crippen LogP contribution in [-0.2, 0) is 17.4 Å². The van der Waals surface area contributed by atoms with Gasteiger partial charge in [0, 0.05) is 6.42 Å². The molecule has 0 spiro atoms. The molecule has 0 aromatic heterocycles. The molecule has 0 aliphatic carbocycles. The van der Waals surface area contributed by atoms with E-state index in [2.05, 4.69) is 0 Å². The fourth-order valence-corrected chi connectivity index (χ4v) is 1.45. The number of carbonyl (C=O) groups is 1. The van der Waals surface area contributed by atoms with Crippen LogP contribution < -0.4 is 0 Å². The quantitative estimate of drug-likeness (QED) is 0.885. The molecule has 1 unspecified atom stereocenters. The summed E-state index contributed by atoms with van der Waals surface area (Å²) in [6.45, 7) is 0. The minimum Gasteiger partial charge on any atom is -0.479 e. The Kier molecular flexibility index (Phi) is 4.00. The van der Waals surface area contributed by atoms with E-state index in [1.165, 1.54) is 6.07 Å². The molecule has 0 saturated carbocycles. The van der Waals surface area contributed by atoms with E-state index in [9.17, 15) is 18.0 Å². The zero-order chi connectivity index (χ0) is 13.2. The monoisotopic (exact) mass is 268 g/mol. The summed E-state index contributed by atoms with van der Waals surface area (Å²) in [4.78, 5) is 10.4. The first-order valence-electron chi connectivity index (χ1n) is 4.48. The Labute approximate surface area is 99.4 Å². The topological polar surface area (TPSA) is 57.5 Å². The normalized spacial score (nSPS) is 13.5. The van der Waals surface area contributed by atoms with Gasteiger partial charge in [0.1, 0.15) is 0 Å². The number of carboxylic acid groups (broad SMARTS) is 1. The molecular weight excluding hydrogens is 261 g/mol. The molecular formula is C10H8ClF3O3. The Bertz CT molecular complexity index is 431. The van der Waals surface area contributed by atoms with Crippen LogP contribution in [0, 0.1) is 0 Å². The van der Waals surface area contributed by atoms with E-state index >= 15 is 0 Å². The average molecular weight is 269 g/mol. The van der Waals surface area contributed by atoms with Crippen LogP contribution in [0.3, 0.4) is 0 Å². The van der Waals surface area contributed by atoms with Gasteiger partial charge < -0.3 is 10.2 Å². The molecule has 7 heteroatoms. The van der Waals surface area contributed by atoms with E-state index in [-0.39, 0.29) is 5.56 Å². The van der Waals surface area contributed by atoms with Gasteiger partial charge in [-0.15, -0.1) is 0 Å². The van der Waals surface area contributed by atoms with Crippen molar-refractivity contribution in [2.45, 2.75) is 18.7 Å². The van der Waals surface area contributed by atoms with Crippen molar-refractivity contribution in [3.63, 3.8) is 0 Å². The molecule has 0 saturated heterocycles. The number of halogens is 4. The predicted octanol–water partition coefficient (Wildman–Crippen LogP) is 2.35. The molecule has 0 aliphatic rings. The zero-order valence-corrected chi connectivity index (χ0v) is 9.09. The van der Waals surface area contributed by atoms with Crippen molar-refractivity contribution >= 4 is 17.6 Å². The van der Waals surface area contributed by atoms with E-state index in [1.54, 1.807) is 0 Å². The summed E-state index contributed by atoms with van der Waals surface area (Å²) in [5.74, 6) is -1.49. The summed E-state index contributed by atoms with van der Waals surface area (Å²) in [5.41, 5.74) is -0.995. The predicted molar refractivity (Wildman–Crippen MR) is 53.8 cm³/mol. The molecule has 0 radical (unpaired) electrons. The summed E-state index contributed by atoms with van der Waals surface area (Å²) >= 11 is 5.38. The Hall–Kier alpha value is -1.27. The molecule has 1 atom stereocenters. The number of aliphatic hydroxyl groups is 1. The van der Waals surface area contributed by atoms with Crippen molar-refractivity contribution in [3.05, 3.63) is 34.3 Å². The number of aliphatic hydroxyl groups excluding tert-OH is 1. The van der Waals surface area contributed by atoms with Crippen molar-refractivity contribution < 1.29 is 28.2 Å². The molecule has 1 aromatic rings. The van der Waals surface area contributed by atoms with Crippen molar-refractivity contribution in [1.82, 2.24) is 0 Å². The minimum absolute atomic E-state index is 0.0524. The van der Waals surface area contributed by atoms with Crippen LogP contribution >= 0.6 is 11.6 Å². The second-order valence-corrected chi connectivity index (χ2v) is 3.78. The summed E-state index contributed by atoms with van der Waals surface area (Å²) in [6.07, 6.45) is -6.76. The van der Waals surface area contributed by atoms with Gasteiger partial charge in [0.15, 0.2) is 6.10 Å². The summed E-state index contributed by atoms with van der Waals surface area (Å²) < 4.78 is 37.4. The lowest BCUT2D eigenvalue weighted by molar-refractivity contribution is -0.146. The Morgan fingerprint density at radius 2 is 2.00 bits per heavy atom. The molecule has 3 nitrogen and oxygen atoms in total. The van der Waals surface area contributed by atoms with Crippen LogP contribution in [0.4, 0.5) is 13.2 Å². The molecule has 1 rings (SSSR count). The first-order valence-corrected chi connectivity index (χ1v) is 4.86. The highest BCUT2D eigenvalue weighted by atomic mass is 35.5. The van der Waals surface area contributed by atoms with Gasteiger partial charge in [-0.3, -0.25) is 0 Å². The van der Waals surface area contributed by atoms with Gasteiger partial charge in [0.05, 0.1) is 10.6 Å². The maximum atomic E-state index is 12.5. The van der Waals surface area contributed by atoms with Gasteiger partial charge >= 0.3 is 12.1 Å². The summed E-state index contributed by atoms with van der Waals surface area (Å²) in [5, 5.41) is 17.0. The van der Waals surface area contributed by atoms with Crippen LogP contribution in [0.5, 0.6) is 0 Å². The molecule has 1 aromatic carbocycles. The van der Waals surface area contributed by atoms with Crippen molar-refractivity contribution in [2.24, 2.45) is 0 Å². The summed E-state index contributed by atoms with van der Waals surface area (Å²) in [6, 6.07) is 2.99. The maximum absolute atomic E-state index is 12.5. The lowest BCUT2D eigenvalue weighted by atomic mass is 10.0. The van der Waals surface area contributed by atoms with Crippen molar-refractivity contribution in [3.8, 4) is 0 Å². The van der Waals surface area contributed by atoms with Gasteiger partial charge in [-0.2, -0.15) is 13.2 Å². The molecule has 0 aliphatic heterocycles. The van der Waals surface area contributed by atoms with Crippen LogP contribution in [0.15, 0.2) is 18.2 Å². The smallest absolute Gasteiger partial charge is 0.417 e. The van der Waals surface area contributed by atoms with Gasteiger partial charge in [-0.25, -0.2) is 4.79 Å². The van der Waals surface area contributed by atoms with Gasteiger partial charge in [0.2, 0.25) is 0 Å². The molecule has 94 valence electrons. The van der Waals surface area contributed by atoms with Crippen LogP contribution in [0.2, 0.25) is 5.02 Å². The molecule has 0 bridgehead atoms. The third-order valence-electron chi connectivity index (χ3n) is 2.05. The van der Waals surface area contributed by atoms with E-state index < -0.39 is 35.3 Å². The highest BCUT2D eigenvalue weighted by Crippen LogP contribution is 2.35. The first kappa shape index (κ1) is 13.8. The lowest BCUT2D eigenvalue weighted by Gasteiger charge is -2.11. The highest BCUT2D eigenvalue weighted by molar-refractivity contribution is 6.31. The number of hydrogen-bond acceptors (Lipinski definition) is 2. The largest absolute Gasteiger partial charge is 0.479 e. The van der Waals surface area contributed by atoms with Crippen molar-refractivity contribution in [1.29, 1.82) is 0 Å². The van der Waals surface area contributed by atoms with Gasteiger partial charge in [0.25, 0.3) is 0 Å². The Morgan fingerprint density at radius 1 is 1.41 bits per heavy atom. The SMILES string of the molecule is O=C(O)C(O)Cc1ccc(Cl)c(C(F)(F)F)c1. The van der Waals surface area contributed by atoms with Gasteiger partial charge in [-0.05, 0) is 17.7 Å². The Balaban J connectivity index is 3.01. The van der Waals surface area contributed by atoms with E-state index in [0.717, 1.165) is 12.1 Å². The number of carboxylic acids is 1. The number of hydrogen-bond donors (Lipinski definition) is 2. The second-order valence-electron chi connectivity index (χ2n) is 3.37. The standard InChI is InChI=1S/C10H8ClF3O3/c11-7-2-1-5(4-8(15)9(16)17)3-6(7)10(12,13)14/h1-3,8,15H,4H2,(H,16,17). The number of aliphatic carboxylic acids is 1. The number of alkyl halides is 3. The highest BCUT2D eigenvalue weighted by Gasteiger charge is 2.33. The van der Waals surface area contributed by atoms with E-state index in [1.807, 2.05) is 0 Å². The fraction of sp³-hybridized carbons (Fsp3) is 0.300. The number of benzene rings is 1. The molecule has 0 heterocycles. The van der Waals surface area contributed by atoms with E-state index in [4.69, 9.17) is 21.8 Å². The third-order valence-corrected chi connectivity index (χ3v) is 2.38. The van der Waals surface area contributed by atoms with E-state index in [0.29, 0.717) is 0 Å². The average Bonchev–Trinajstić information content (AvgIpc) is 2.19. The fourth-order valence-electron chi connectivity index (χ4n) is 1.23. The van der Waals surface area contributed by atoms with Gasteiger partial charge in [-0.1, -0.05) is 17.7 Å². The minimum atomic E-state index is -4.61. The zero-order valence-electron chi connectivity index (χ0n) is 8.33. The molecule has 17 heavy (non-hydrogen) atoms. The van der Waals surface area contributed by atoms with Crippen LogP contribution in [0.25, 0.3) is 0 Å². The summed E-state index contributed by atoms with van der Waals surface area (Å²) in [7, 11) is 0. The molecule has 0 fully saturated rings. The second kappa shape index (κ2) is 4.93. The van der Waals surface area contributed by atoms with Crippen LogP contribution in [0.1, 0.15) is 11.1 Å². The molecule has 0 amide bonds. The maximum Gasteiger partial charge on any atom is 0.417 e. The number of rotatable bonds is 3. The van der Waals surface area contributed by atoms with Crippen LogP contribution in [-0.4, -0.2) is 22.3 Å².